The lowest BCUT2D eigenvalue weighted by molar-refractivity contribution is 0.390. The molecule has 4 rings (SSSR count). The van der Waals surface area contributed by atoms with Gasteiger partial charge < -0.3 is 24.7 Å². The number of aromatic nitrogens is 1. The van der Waals surface area contributed by atoms with Gasteiger partial charge in [-0.1, -0.05) is 42.5 Å². The molecule has 180 valence electrons. The molecule has 0 spiro atoms. The van der Waals surface area contributed by atoms with Gasteiger partial charge in [0, 0.05) is 18.2 Å². The topological polar surface area (TPSA) is 66.6 Å². The van der Waals surface area contributed by atoms with Crippen LogP contribution in [0.4, 0.5) is 0 Å². The summed E-state index contributed by atoms with van der Waals surface area (Å²) in [6, 6.07) is 25.6. The first kappa shape index (κ1) is 24.3. The Hall–Kier alpha value is -3.84. The molecule has 0 bridgehead atoms. The maximum absolute atomic E-state index is 13.0. The molecule has 0 aliphatic rings. The van der Waals surface area contributed by atoms with Crippen LogP contribution >= 0.6 is 12.2 Å². The first-order valence-electron chi connectivity index (χ1n) is 11.4. The van der Waals surface area contributed by atoms with E-state index in [2.05, 4.69) is 29.4 Å². The fourth-order valence-electron chi connectivity index (χ4n) is 3.93. The number of ether oxygens (including phenoxy) is 2. The summed E-state index contributed by atoms with van der Waals surface area (Å²) in [5, 5.41) is 4.94. The highest BCUT2D eigenvalue weighted by Gasteiger charge is 2.17. The summed E-state index contributed by atoms with van der Waals surface area (Å²) in [7, 11) is 3.25. The van der Waals surface area contributed by atoms with Crippen LogP contribution in [0.1, 0.15) is 29.7 Å². The van der Waals surface area contributed by atoms with Crippen molar-refractivity contribution in [2.24, 2.45) is 0 Å². The lowest BCUT2D eigenvalue weighted by Gasteiger charge is -2.28. The number of thiocarbonyl (C=S) groups is 1. The number of fused-ring (bicyclic) bond motifs is 1. The third kappa shape index (κ3) is 6.00. The van der Waals surface area contributed by atoms with Crippen molar-refractivity contribution in [1.82, 2.24) is 15.2 Å². The standard InChI is InChI=1S/C28H29N3O3S/c1-19(21-7-5-4-6-8-21)29-28(35)31(17-20-9-12-24(33-2)13-10-20)18-23-15-22-11-14-25(34-3)16-26(22)30-27(23)32/h4-16,19H,17-18H2,1-3H3,(H,29,35)(H,30,32)/t19-/m0/s1. The summed E-state index contributed by atoms with van der Waals surface area (Å²) in [5.74, 6) is 1.49. The zero-order valence-electron chi connectivity index (χ0n) is 20.1. The largest absolute Gasteiger partial charge is 0.497 e. The quantitative estimate of drug-likeness (QED) is 0.334. The smallest absolute Gasteiger partial charge is 0.253 e. The van der Waals surface area contributed by atoms with E-state index in [1.807, 2.05) is 71.6 Å². The predicted octanol–water partition coefficient (Wildman–Crippen LogP) is 5.18. The van der Waals surface area contributed by atoms with Crippen LogP contribution in [0, 0.1) is 0 Å². The van der Waals surface area contributed by atoms with E-state index in [1.54, 1.807) is 14.2 Å². The summed E-state index contributed by atoms with van der Waals surface area (Å²) in [5.41, 5.74) is 3.41. The van der Waals surface area contributed by atoms with Gasteiger partial charge in [0.1, 0.15) is 11.5 Å². The van der Waals surface area contributed by atoms with Crippen molar-refractivity contribution in [3.05, 3.63) is 106 Å². The van der Waals surface area contributed by atoms with Gasteiger partial charge >= 0.3 is 0 Å². The molecular weight excluding hydrogens is 458 g/mol. The lowest BCUT2D eigenvalue weighted by atomic mass is 10.1. The van der Waals surface area contributed by atoms with Gasteiger partial charge in [0.2, 0.25) is 0 Å². The molecule has 0 fully saturated rings. The van der Waals surface area contributed by atoms with E-state index in [-0.39, 0.29) is 11.6 Å². The summed E-state index contributed by atoms with van der Waals surface area (Å²) in [4.78, 5) is 18.0. The summed E-state index contributed by atoms with van der Waals surface area (Å²) in [6.07, 6.45) is 0. The number of hydrogen-bond donors (Lipinski definition) is 2. The second kappa shape index (κ2) is 11.1. The Morgan fingerprint density at radius 2 is 1.63 bits per heavy atom. The molecule has 0 radical (unpaired) electrons. The van der Waals surface area contributed by atoms with Gasteiger partial charge in [-0.2, -0.15) is 0 Å². The molecule has 1 atom stereocenters. The summed E-state index contributed by atoms with van der Waals surface area (Å²) in [6.45, 7) is 2.97. The van der Waals surface area contributed by atoms with Crippen LogP contribution < -0.4 is 20.3 Å². The maximum Gasteiger partial charge on any atom is 0.253 e. The highest BCUT2D eigenvalue weighted by molar-refractivity contribution is 7.80. The normalized spacial score (nSPS) is 11.6. The Morgan fingerprint density at radius 3 is 2.31 bits per heavy atom. The van der Waals surface area contributed by atoms with Gasteiger partial charge in [-0.15, -0.1) is 0 Å². The van der Waals surface area contributed by atoms with E-state index in [9.17, 15) is 4.79 Å². The third-order valence-corrected chi connectivity index (χ3v) is 6.33. The molecule has 7 heteroatoms. The monoisotopic (exact) mass is 487 g/mol. The van der Waals surface area contributed by atoms with Gasteiger partial charge in [-0.3, -0.25) is 4.79 Å². The number of benzene rings is 3. The molecule has 0 unspecified atom stereocenters. The van der Waals surface area contributed by atoms with Gasteiger partial charge in [-0.25, -0.2) is 0 Å². The van der Waals surface area contributed by atoms with Crippen LogP contribution in [0.5, 0.6) is 11.5 Å². The van der Waals surface area contributed by atoms with Crippen molar-refractivity contribution >= 4 is 28.2 Å². The van der Waals surface area contributed by atoms with Crippen molar-refractivity contribution < 1.29 is 9.47 Å². The molecule has 2 N–H and O–H groups in total. The minimum Gasteiger partial charge on any atom is -0.497 e. The molecule has 0 aliphatic carbocycles. The highest BCUT2D eigenvalue weighted by atomic mass is 32.1. The third-order valence-electron chi connectivity index (χ3n) is 5.95. The average molecular weight is 488 g/mol. The molecule has 6 nitrogen and oxygen atoms in total. The number of H-pyrrole nitrogens is 1. The number of hydrogen-bond acceptors (Lipinski definition) is 4. The fraction of sp³-hybridized carbons (Fsp3) is 0.214. The van der Waals surface area contributed by atoms with E-state index in [1.165, 1.54) is 0 Å². The Kier molecular flexibility index (Phi) is 7.67. The summed E-state index contributed by atoms with van der Waals surface area (Å²) < 4.78 is 10.6. The molecule has 0 aliphatic heterocycles. The molecule has 1 aromatic heterocycles. The Morgan fingerprint density at radius 1 is 0.943 bits per heavy atom. The Labute approximate surface area is 210 Å². The number of nitrogens with one attached hydrogen (secondary N) is 2. The van der Waals surface area contributed by atoms with Gasteiger partial charge in [0.25, 0.3) is 5.56 Å². The highest BCUT2D eigenvalue weighted by Crippen LogP contribution is 2.20. The van der Waals surface area contributed by atoms with Crippen molar-refractivity contribution in [3.63, 3.8) is 0 Å². The molecule has 0 amide bonds. The molecule has 4 aromatic rings. The number of nitrogens with zero attached hydrogens (tertiary/aromatic N) is 1. The molecule has 0 saturated heterocycles. The van der Waals surface area contributed by atoms with E-state index >= 15 is 0 Å². The zero-order valence-corrected chi connectivity index (χ0v) is 20.9. The second-order valence-electron chi connectivity index (χ2n) is 8.36. The number of aromatic amines is 1. The number of rotatable bonds is 8. The van der Waals surface area contributed by atoms with Crippen LogP contribution in [-0.2, 0) is 13.1 Å². The van der Waals surface area contributed by atoms with E-state index in [4.69, 9.17) is 21.7 Å². The van der Waals surface area contributed by atoms with E-state index in [0.29, 0.717) is 29.5 Å². The maximum atomic E-state index is 13.0. The van der Waals surface area contributed by atoms with Crippen molar-refractivity contribution in [1.29, 1.82) is 0 Å². The first-order valence-corrected chi connectivity index (χ1v) is 11.8. The van der Waals surface area contributed by atoms with Crippen molar-refractivity contribution in [3.8, 4) is 11.5 Å². The SMILES string of the molecule is COc1ccc(CN(Cc2cc3ccc(OC)cc3[nH]c2=O)C(=S)N[C@@H](C)c2ccccc2)cc1. The molecular formula is C28H29N3O3S. The minimum atomic E-state index is -0.149. The molecule has 35 heavy (non-hydrogen) atoms. The van der Waals surface area contributed by atoms with Crippen molar-refractivity contribution in [2.45, 2.75) is 26.1 Å². The summed E-state index contributed by atoms with van der Waals surface area (Å²) >= 11 is 5.83. The average Bonchev–Trinajstić information content (AvgIpc) is 2.89. The second-order valence-corrected chi connectivity index (χ2v) is 8.75. The first-order chi connectivity index (χ1) is 17.0. The van der Waals surface area contributed by atoms with Gasteiger partial charge in [0.15, 0.2) is 5.11 Å². The molecule has 1 heterocycles. The molecule has 0 saturated carbocycles. The van der Waals surface area contributed by atoms with Crippen LogP contribution in [0.3, 0.4) is 0 Å². The number of pyridine rings is 1. The van der Waals surface area contributed by atoms with Gasteiger partial charge in [-0.05, 0) is 66.0 Å². The lowest BCUT2D eigenvalue weighted by Crippen LogP contribution is -2.41. The van der Waals surface area contributed by atoms with E-state index < -0.39 is 0 Å². The van der Waals surface area contributed by atoms with Gasteiger partial charge in [0.05, 0.1) is 32.3 Å². The Balaban J connectivity index is 1.61. The fourth-order valence-corrected chi connectivity index (χ4v) is 4.23. The molecule has 3 aromatic carbocycles. The van der Waals surface area contributed by atoms with E-state index in [0.717, 1.165) is 27.8 Å². The predicted molar refractivity (Wildman–Crippen MR) is 144 cm³/mol. The van der Waals surface area contributed by atoms with Crippen LogP contribution in [-0.4, -0.2) is 29.2 Å². The van der Waals surface area contributed by atoms with Crippen LogP contribution in [0.2, 0.25) is 0 Å². The number of methoxy groups -OCH3 is 2. The minimum absolute atomic E-state index is 0.0180. The zero-order chi connectivity index (χ0) is 24.8. The van der Waals surface area contributed by atoms with Crippen LogP contribution in [0.25, 0.3) is 10.9 Å². The van der Waals surface area contributed by atoms with Crippen LogP contribution in [0.15, 0.2) is 83.7 Å². The Bertz CT molecular complexity index is 1350. The van der Waals surface area contributed by atoms with Crippen molar-refractivity contribution in [2.75, 3.05) is 14.2 Å².